The Labute approximate surface area is 207 Å². The smallest absolute Gasteiger partial charge is 0.191 e. The Bertz CT molecular complexity index is 1000. The number of guanidine groups is 1. The van der Waals surface area contributed by atoms with Gasteiger partial charge in [-0.25, -0.2) is 0 Å². The van der Waals surface area contributed by atoms with Crippen LogP contribution < -0.4 is 10.6 Å². The first kappa shape index (κ1) is 24.4. The molecule has 2 aromatic heterocycles. The molecule has 172 valence electrons. The molecule has 0 saturated carbocycles. The molecule has 0 spiro atoms. The van der Waals surface area contributed by atoms with Crippen molar-refractivity contribution < 1.29 is 0 Å². The van der Waals surface area contributed by atoms with Gasteiger partial charge in [0.1, 0.15) is 0 Å². The molecular weight excluding hydrogens is 513 g/mol. The van der Waals surface area contributed by atoms with Crippen LogP contribution >= 0.6 is 24.0 Å². The van der Waals surface area contributed by atoms with Gasteiger partial charge in [-0.15, -0.1) is 34.2 Å². The number of benzene rings is 1. The lowest BCUT2D eigenvalue weighted by molar-refractivity contribution is 0.134. The fourth-order valence-electron chi connectivity index (χ4n) is 4.52. The molecule has 2 atom stereocenters. The molecule has 8 heteroatoms. The molecule has 0 amide bonds. The largest absolute Gasteiger partial charge is 0.352 e. The zero-order valence-corrected chi connectivity index (χ0v) is 21.5. The van der Waals surface area contributed by atoms with E-state index in [0.717, 1.165) is 42.4 Å². The Morgan fingerprint density at radius 3 is 2.38 bits per heavy atom. The van der Waals surface area contributed by atoms with E-state index in [9.17, 15) is 0 Å². The van der Waals surface area contributed by atoms with Crippen LogP contribution in [0, 0.1) is 11.8 Å². The number of nitrogens with one attached hydrogen (secondary N) is 2. The molecule has 1 fully saturated rings. The van der Waals surface area contributed by atoms with Crippen LogP contribution in [0.2, 0.25) is 0 Å². The first-order chi connectivity index (χ1) is 15.1. The van der Waals surface area contributed by atoms with Crippen LogP contribution in [0.1, 0.15) is 37.2 Å². The van der Waals surface area contributed by atoms with E-state index in [0.29, 0.717) is 6.54 Å². The minimum Gasteiger partial charge on any atom is -0.352 e. The third-order valence-electron chi connectivity index (χ3n) is 5.86. The first-order valence-electron chi connectivity index (χ1n) is 11.1. The lowest BCUT2D eigenvalue weighted by Crippen LogP contribution is -2.38. The molecule has 1 saturated heterocycles. The van der Waals surface area contributed by atoms with Crippen LogP contribution in [-0.2, 0) is 19.6 Å². The molecule has 0 radical (unpaired) electrons. The highest BCUT2D eigenvalue weighted by atomic mass is 127. The summed E-state index contributed by atoms with van der Waals surface area (Å²) in [6, 6.07) is 14.8. The van der Waals surface area contributed by atoms with Crippen LogP contribution in [-0.4, -0.2) is 45.6 Å². The Morgan fingerprint density at radius 1 is 0.969 bits per heavy atom. The molecule has 32 heavy (non-hydrogen) atoms. The first-order valence-corrected chi connectivity index (χ1v) is 11.1. The molecule has 3 heterocycles. The van der Waals surface area contributed by atoms with Crippen molar-refractivity contribution >= 4 is 35.6 Å². The molecule has 0 aliphatic carbocycles. The van der Waals surface area contributed by atoms with E-state index in [2.05, 4.69) is 68.8 Å². The van der Waals surface area contributed by atoms with Crippen molar-refractivity contribution in [3.8, 4) is 0 Å². The van der Waals surface area contributed by atoms with E-state index in [1.54, 1.807) is 7.05 Å². The average Bonchev–Trinajstić information content (AvgIpc) is 3.17. The van der Waals surface area contributed by atoms with Crippen molar-refractivity contribution in [1.29, 1.82) is 0 Å². The van der Waals surface area contributed by atoms with E-state index in [-0.39, 0.29) is 24.0 Å². The van der Waals surface area contributed by atoms with Crippen molar-refractivity contribution in [2.75, 3.05) is 20.1 Å². The van der Waals surface area contributed by atoms with Gasteiger partial charge < -0.3 is 10.6 Å². The standard InChI is InChI=1S/C24H33N7.HI/c1-18-12-19(2)16-30(15-18)17-21-9-7-20(8-10-21)13-26-24(25-3)27-14-23-29-28-22-6-4-5-11-31(22)23;/h4-11,18-19H,12-17H2,1-3H3,(H2,25,26,27);1H. The highest BCUT2D eigenvalue weighted by Crippen LogP contribution is 2.22. The minimum atomic E-state index is 0. The quantitative estimate of drug-likeness (QED) is 0.280. The summed E-state index contributed by atoms with van der Waals surface area (Å²) in [6.45, 7) is 9.45. The van der Waals surface area contributed by atoms with Gasteiger partial charge in [-0.2, -0.15) is 0 Å². The van der Waals surface area contributed by atoms with Gasteiger partial charge in [0.05, 0.1) is 6.54 Å². The topological polar surface area (TPSA) is 69.8 Å². The van der Waals surface area contributed by atoms with Crippen molar-refractivity contribution in [3.63, 3.8) is 0 Å². The fraction of sp³-hybridized carbons (Fsp3) is 0.458. The molecule has 1 aromatic carbocycles. The highest BCUT2D eigenvalue weighted by molar-refractivity contribution is 14.0. The van der Waals surface area contributed by atoms with Gasteiger partial charge in [-0.05, 0) is 41.5 Å². The lowest BCUT2D eigenvalue weighted by atomic mass is 9.91. The number of fused-ring (bicyclic) bond motifs is 1. The summed E-state index contributed by atoms with van der Waals surface area (Å²) < 4.78 is 1.98. The normalized spacial score (nSPS) is 19.5. The van der Waals surface area contributed by atoms with Crippen LogP contribution in [0.25, 0.3) is 5.65 Å². The summed E-state index contributed by atoms with van der Waals surface area (Å²) in [7, 11) is 1.78. The van der Waals surface area contributed by atoms with Gasteiger partial charge in [-0.3, -0.25) is 14.3 Å². The number of aromatic nitrogens is 3. The summed E-state index contributed by atoms with van der Waals surface area (Å²) in [5.74, 6) is 3.18. The molecule has 3 aromatic rings. The van der Waals surface area contributed by atoms with Crippen molar-refractivity contribution in [3.05, 3.63) is 65.6 Å². The van der Waals surface area contributed by atoms with Crippen molar-refractivity contribution in [2.45, 2.75) is 39.9 Å². The summed E-state index contributed by atoms with van der Waals surface area (Å²) in [5, 5.41) is 15.1. The van der Waals surface area contributed by atoms with E-state index in [4.69, 9.17) is 0 Å². The van der Waals surface area contributed by atoms with Gasteiger partial charge in [0.2, 0.25) is 0 Å². The maximum absolute atomic E-state index is 4.32. The number of hydrogen-bond donors (Lipinski definition) is 2. The molecule has 2 unspecified atom stereocenters. The van der Waals surface area contributed by atoms with Gasteiger partial charge >= 0.3 is 0 Å². The van der Waals surface area contributed by atoms with Crippen LogP contribution in [0.3, 0.4) is 0 Å². The molecule has 7 nitrogen and oxygen atoms in total. The number of nitrogens with zero attached hydrogens (tertiary/aromatic N) is 5. The van der Waals surface area contributed by atoms with Crippen molar-refractivity contribution in [2.24, 2.45) is 16.8 Å². The number of pyridine rings is 1. The maximum atomic E-state index is 4.32. The van der Waals surface area contributed by atoms with E-state index < -0.39 is 0 Å². The molecular formula is C24H34IN7. The third kappa shape index (κ3) is 6.41. The number of rotatable bonds is 6. The van der Waals surface area contributed by atoms with Crippen LogP contribution in [0.15, 0.2) is 53.7 Å². The van der Waals surface area contributed by atoms with E-state index in [1.807, 2.05) is 28.8 Å². The van der Waals surface area contributed by atoms with Crippen LogP contribution in [0.5, 0.6) is 0 Å². The maximum Gasteiger partial charge on any atom is 0.191 e. The van der Waals surface area contributed by atoms with Gasteiger partial charge in [-0.1, -0.05) is 44.2 Å². The number of likely N-dealkylation sites (tertiary alicyclic amines) is 1. The average molecular weight is 547 g/mol. The molecule has 2 N–H and O–H groups in total. The number of halogens is 1. The Hall–Kier alpha value is -2.20. The molecule has 0 bridgehead atoms. The number of aliphatic imine (C=N–C) groups is 1. The Kier molecular flexibility index (Phi) is 8.86. The number of piperidine rings is 1. The molecule has 1 aliphatic heterocycles. The molecule has 1 aliphatic rings. The number of hydrogen-bond acceptors (Lipinski definition) is 4. The summed E-state index contributed by atoms with van der Waals surface area (Å²) in [6.07, 6.45) is 3.32. The van der Waals surface area contributed by atoms with Gasteiger partial charge in [0.25, 0.3) is 0 Å². The summed E-state index contributed by atoms with van der Waals surface area (Å²) in [4.78, 5) is 6.91. The predicted octanol–water partition coefficient (Wildman–Crippen LogP) is 3.69. The predicted molar refractivity (Wildman–Crippen MR) is 140 cm³/mol. The Morgan fingerprint density at radius 2 is 1.66 bits per heavy atom. The summed E-state index contributed by atoms with van der Waals surface area (Å²) >= 11 is 0. The van der Waals surface area contributed by atoms with Gasteiger partial charge in [0.15, 0.2) is 17.4 Å². The van der Waals surface area contributed by atoms with Gasteiger partial charge in [0, 0.05) is 39.4 Å². The van der Waals surface area contributed by atoms with E-state index >= 15 is 0 Å². The SMILES string of the molecule is CN=C(NCc1ccc(CN2CC(C)CC(C)C2)cc1)NCc1nnc2ccccn12.I. The second-order valence-corrected chi connectivity index (χ2v) is 8.78. The summed E-state index contributed by atoms with van der Waals surface area (Å²) in [5.41, 5.74) is 3.46. The second-order valence-electron chi connectivity index (χ2n) is 8.78. The van der Waals surface area contributed by atoms with E-state index in [1.165, 1.54) is 30.6 Å². The molecule has 4 rings (SSSR count). The zero-order chi connectivity index (χ0) is 21.6. The zero-order valence-electron chi connectivity index (χ0n) is 19.2. The second kappa shape index (κ2) is 11.6. The van der Waals surface area contributed by atoms with Crippen molar-refractivity contribution in [1.82, 2.24) is 30.1 Å². The Balaban J connectivity index is 0.00000289. The van der Waals surface area contributed by atoms with Crippen LogP contribution in [0.4, 0.5) is 0 Å². The third-order valence-corrected chi connectivity index (χ3v) is 5.86. The monoisotopic (exact) mass is 547 g/mol. The lowest BCUT2D eigenvalue weighted by Gasteiger charge is -2.35. The fourth-order valence-corrected chi connectivity index (χ4v) is 4.52. The minimum absolute atomic E-state index is 0. The highest BCUT2D eigenvalue weighted by Gasteiger charge is 2.21.